The first kappa shape index (κ1) is 12.9. The lowest BCUT2D eigenvalue weighted by molar-refractivity contribution is 0.407. The third-order valence-electron chi connectivity index (χ3n) is 2.68. The molecule has 0 bridgehead atoms. The molecule has 3 nitrogen and oxygen atoms in total. The van der Waals surface area contributed by atoms with Gasteiger partial charge in [0.15, 0.2) is 0 Å². The van der Waals surface area contributed by atoms with E-state index in [1.165, 1.54) is 5.56 Å². The smallest absolute Gasteiger partial charge is 0.124 e. The molecule has 1 aromatic heterocycles. The van der Waals surface area contributed by atoms with Gasteiger partial charge in [0.05, 0.1) is 7.11 Å². The quantitative estimate of drug-likeness (QED) is 0.899. The van der Waals surface area contributed by atoms with Gasteiger partial charge in [0.2, 0.25) is 0 Å². The minimum atomic E-state index is 0.672. The van der Waals surface area contributed by atoms with Gasteiger partial charge in [0, 0.05) is 36.1 Å². The van der Waals surface area contributed by atoms with Crippen LogP contribution in [0.4, 0.5) is 0 Å². The van der Waals surface area contributed by atoms with Gasteiger partial charge in [0.25, 0.3) is 0 Å². The first-order valence-corrected chi connectivity index (χ1v) is 6.10. The molecule has 94 valence electrons. The molecule has 0 aliphatic heterocycles. The van der Waals surface area contributed by atoms with Crippen molar-refractivity contribution in [2.75, 3.05) is 7.11 Å². The molecular weight excluding hydrogens is 248 g/mol. The molecule has 0 amide bonds. The van der Waals surface area contributed by atoms with E-state index in [-0.39, 0.29) is 0 Å². The fraction of sp³-hybridized carbons (Fsp3) is 0.214. The van der Waals surface area contributed by atoms with Gasteiger partial charge in [-0.05, 0) is 29.8 Å². The highest BCUT2D eigenvalue weighted by molar-refractivity contribution is 6.31. The summed E-state index contributed by atoms with van der Waals surface area (Å²) in [6.45, 7) is 1.45. The lowest BCUT2D eigenvalue weighted by atomic mass is 10.2. The summed E-state index contributed by atoms with van der Waals surface area (Å²) in [4.78, 5) is 3.98. The monoisotopic (exact) mass is 262 g/mol. The predicted molar refractivity (Wildman–Crippen MR) is 72.8 cm³/mol. The van der Waals surface area contributed by atoms with Crippen molar-refractivity contribution in [2.24, 2.45) is 0 Å². The fourth-order valence-electron chi connectivity index (χ4n) is 1.73. The van der Waals surface area contributed by atoms with Crippen molar-refractivity contribution >= 4 is 11.6 Å². The summed E-state index contributed by atoms with van der Waals surface area (Å²) in [6, 6.07) is 9.63. The van der Waals surface area contributed by atoms with Crippen molar-refractivity contribution < 1.29 is 4.74 Å². The number of halogens is 1. The number of nitrogens with one attached hydrogen (secondary N) is 1. The van der Waals surface area contributed by atoms with Crippen LogP contribution < -0.4 is 10.1 Å². The van der Waals surface area contributed by atoms with Crippen LogP contribution in [0.5, 0.6) is 5.75 Å². The molecule has 0 saturated heterocycles. The Morgan fingerprint density at radius 2 is 1.94 bits per heavy atom. The zero-order valence-electron chi connectivity index (χ0n) is 10.2. The Morgan fingerprint density at radius 3 is 2.67 bits per heavy atom. The minimum Gasteiger partial charge on any atom is -0.496 e. The van der Waals surface area contributed by atoms with Crippen LogP contribution in [0.3, 0.4) is 0 Å². The molecule has 0 saturated carbocycles. The Hall–Kier alpha value is -1.58. The SMILES string of the molecule is COc1cccc(Cl)c1CNCc1ccncc1. The summed E-state index contributed by atoms with van der Waals surface area (Å²) < 4.78 is 5.29. The highest BCUT2D eigenvalue weighted by Gasteiger charge is 2.06. The Kier molecular flexibility index (Phi) is 4.56. The van der Waals surface area contributed by atoms with Crippen LogP contribution in [0.15, 0.2) is 42.7 Å². The van der Waals surface area contributed by atoms with E-state index in [0.29, 0.717) is 6.54 Å². The molecule has 2 aromatic rings. The van der Waals surface area contributed by atoms with Crippen LogP contribution in [-0.2, 0) is 13.1 Å². The number of benzene rings is 1. The van der Waals surface area contributed by atoms with Crippen molar-refractivity contribution in [2.45, 2.75) is 13.1 Å². The van der Waals surface area contributed by atoms with Crippen LogP contribution in [0.25, 0.3) is 0 Å². The number of ether oxygens (including phenoxy) is 1. The molecule has 0 spiro atoms. The molecule has 1 N–H and O–H groups in total. The zero-order valence-corrected chi connectivity index (χ0v) is 10.9. The molecule has 0 aliphatic rings. The molecule has 1 heterocycles. The molecule has 4 heteroatoms. The van der Waals surface area contributed by atoms with Gasteiger partial charge in [-0.1, -0.05) is 17.7 Å². The van der Waals surface area contributed by atoms with E-state index in [0.717, 1.165) is 22.9 Å². The zero-order chi connectivity index (χ0) is 12.8. The Bertz CT molecular complexity index is 502. The fourth-order valence-corrected chi connectivity index (χ4v) is 1.97. The molecule has 2 rings (SSSR count). The van der Waals surface area contributed by atoms with E-state index < -0.39 is 0 Å². The minimum absolute atomic E-state index is 0.672. The summed E-state index contributed by atoms with van der Waals surface area (Å²) in [5.41, 5.74) is 2.17. The predicted octanol–water partition coefficient (Wildman–Crippen LogP) is 3.03. The van der Waals surface area contributed by atoms with E-state index in [1.807, 2.05) is 30.3 Å². The molecule has 0 unspecified atom stereocenters. The standard InChI is InChI=1S/C14H15ClN2O/c1-18-14-4-2-3-13(15)12(14)10-17-9-11-5-7-16-8-6-11/h2-8,17H,9-10H2,1H3. The molecule has 18 heavy (non-hydrogen) atoms. The van der Waals surface area contributed by atoms with Gasteiger partial charge in [-0.3, -0.25) is 4.98 Å². The summed E-state index contributed by atoms with van der Waals surface area (Å²) >= 11 is 6.16. The number of hydrogen-bond donors (Lipinski definition) is 1. The van der Waals surface area contributed by atoms with Gasteiger partial charge >= 0.3 is 0 Å². The average molecular weight is 263 g/mol. The van der Waals surface area contributed by atoms with Crippen LogP contribution in [0.1, 0.15) is 11.1 Å². The van der Waals surface area contributed by atoms with Gasteiger partial charge < -0.3 is 10.1 Å². The maximum atomic E-state index is 6.16. The Balaban J connectivity index is 1.98. The highest BCUT2D eigenvalue weighted by atomic mass is 35.5. The Labute approximate surface area is 112 Å². The van der Waals surface area contributed by atoms with Crippen molar-refractivity contribution in [3.8, 4) is 5.75 Å². The van der Waals surface area contributed by atoms with Gasteiger partial charge in [-0.2, -0.15) is 0 Å². The van der Waals surface area contributed by atoms with E-state index in [4.69, 9.17) is 16.3 Å². The second kappa shape index (κ2) is 6.38. The van der Waals surface area contributed by atoms with E-state index in [1.54, 1.807) is 19.5 Å². The lowest BCUT2D eigenvalue weighted by Crippen LogP contribution is -2.13. The first-order valence-electron chi connectivity index (χ1n) is 5.72. The summed E-state index contributed by atoms with van der Waals surface area (Å²) in [6.07, 6.45) is 3.57. The molecule has 0 atom stereocenters. The molecule has 1 aromatic carbocycles. The maximum Gasteiger partial charge on any atom is 0.124 e. The van der Waals surface area contributed by atoms with Crippen LogP contribution in [0.2, 0.25) is 5.02 Å². The lowest BCUT2D eigenvalue weighted by Gasteiger charge is -2.11. The van der Waals surface area contributed by atoms with Crippen LogP contribution in [0, 0.1) is 0 Å². The maximum absolute atomic E-state index is 6.16. The first-order chi connectivity index (χ1) is 8.81. The van der Waals surface area contributed by atoms with Crippen LogP contribution >= 0.6 is 11.6 Å². The molecule has 0 radical (unpaired) electrons. The van der Waals surface area contributed by atoms with Crippen molar-refractivity contribution in [1.29, 1.82) is 0 Å². The van der Waals surface area contributed by atoms with Crippen LogP contribution in [-0.4, -0.2) is 12.1 Å². The number of hydrogen-bond acceptors (Lipinski definition) is 3. The van der Waals surface area contributed by atoms with E-state index in [2.05, 4.69) is 10.3 Å². The normalized spacial score (nSPS) is 10.3. The summed E-state index contributed by atoms with van der Waals surface area (Å²) in [5.74, 6) is 0.810. The number of methoxy groups -OCH3 is 1. The number of aromatic nitrogens is 1. The number of nitrogens with zero attached hydrogens (tertiary/aromatic N) is 1. The van der Waals surface area contributed by atoms with E-state index in [9.17, 15) is 0 Å². The molecule has 0 fully saturated rings. The Morgan fingerprint density at radius 1 is 1.17 bits per heavy atom. The molecular formula is C14H15ClN2O. The van der Waals surface area contributed by atoms with Crippen molar-refractivity contribution in [3.05, 3.63) is 58.9 Å². The van der Waals surface area contributed by atoms with E-state index >= 15 is 0 Å². The largest absolute Gasteiger partial charge is 0.496 e. The second-order valence-corrected chi connectivity index (χ2v) is 4.29. The summed E-state index contributed by atoms with van der Waals surface area (Å²) in [7, 11) is 1.65. The van der Waals surface area contributed by atoms with Gasteiger partial charge in [0.1, 0.15) is 5.75 Å². The second-order valence-electron chi connectivity index (χ2n) is 3.88. The van der Waals surface area contributed by atoms with Crippen molar-refractivity contribution in [3.63, 3.8) is 0 Å². The topological polar surface area (TPSA) is 34.1 Å². The third kappa shape index (κ3) is 3.22. The highest BCUT2D eigenvalue weighted by Crippen LogP contribution is 2.25. The number of rotatable bonds is 5. The van der Waals surface area contributed by atoms with Gasteiger partial charge in [-0.15, -0.1) is 0 Å². The molecule has 0 aliphatic carbocycles. The average Bonchev–Trinajstić information content (AvgIpc) is 2.41. The third-order valence-corrected chi connectivity index (χ3v) is 3.03. The number of pyridine rings is 1. The van der Waals surface area contributed by atoms with Gasteiger partial charge in [-0.25, -0.2) is 0 Å². The van der Waals surface area contributed by atoms with Crippen molar-refractivity contribution in [1.82, 2.24) is 10.3 Å². The summed E-state index contributed by atoms with van der Waals surface area (Å²) in [5, 5.41) is 4.06.